The number of hydrogen-bond acceptors (Lipinski definition) is 8. The summed E-state index contributed by atoms with van der Waals surface area (Å²) in [6.07, 6.45) is 1.66. The maximum absolute atomic E-state index is 13.0. The molecule has 0 radical (unpaired) electrons. The predicted octanol–water partition coefficient (Wildman–Crippen LogP) is 6.18. The zero-order chi connectivity index (χ0) is 28.2. The van der Waals surface area contributed by atoms with E-state index in [0.717, 1.165) is 16.3 Å². The third-order valence-electron chi connectivity index (χ3n) is 6.36. The molecule has 1 aromatic heterocycles. The number of benzene rings is 3. The lowest BCUT2D eigenvalue weighted by molar-refractivity contribution is 0.0517. The van der Waals surface area contributed by atoms with Gasteiger partial charge in [0.05, 0.1) is 34.0 Å². The van der Waals surface area contributed by atoms with Crippen LogP contribution in [0.15, 0.2) is 72.0 Å². The van der Waals surface area contributed by atoms with Gasteiger partial charge in [-0.25, -0.2) is 4.79 Å². The third kappa shape index (κ3) is 5.80. The molecule has 0 fully saturated rings. The molecule has 4 aromatic rings. The highest BCUT2D eigenvalue weighted by molar-refractivity contribution is 6.18. The molecule has 0 aliphatic heterocycles. The van der Waals surface area contributed by atoms with Crippen LogP contribution in [0.4, 0.5) is 0 Å². The summed E-state index contributed by atoms with van der Waals surface area (Å²) in [4.78, 5) is 23.1. The van der Waals surface area contributed by atoms with E-state index >= 15 is 0 Å². The molecule has 8 heteroatoms. The molecule has 0 aliphatic carbocycles. The molecule has 39 heavy (non-hydrogen) atoms. The van der Waals surface area contributed by atoms with Gasteiger partial charge in [-0.1, -0.05) is 38.1 Å². The average Bonchev–Trinajstić information content (AvgIpc) is 2.95. The van der Waals surface area contributed by atoms with E-state index in [1.165, 1.54) is 0 Å². The second-order valence-corrected chi connectivity index (χ2v) is 9.80. The minimum Gasteiger partial charge on any atom is -0.493 e. The smallest absolute Gasteiger partial charge is 0.365 e. The third-order valence-corrected chi connectivity index (χ3v) is 6.36. The molecule has 1 heterocycles. The highest BCUT2D eigenvalue weighted by atomic mass is 16.7. The van der Waals surface area contributed by atoms with Crippen molar-refractivity contribution in [2.24, 2.45) is 5.16 Å². The molecule has 0 amide bonds. The van der Waals surface area contributed by atoms with E-state index in [0.29, 0.717) is 45.5 Å². The summed E-state index contributed by atoms with van der Waals surface area (Å²) in [5, 5.41) is 5.90. The lowest BCUT2D eigenvalue weighted by Gasteiger charge is -2.18. The van der Waals surface area contributed by atoms with Crippen LogP contribution < -0.4 is 18.9 Å². The molecule has 202 valence electrons. The lowest BCUT2D eigenvalue weighted by atomic mass is 9.87. The van der Waals surface area contributed by atoms with Gasteiger partial charge in [-0.3, -0.25) is 4.98 Å². The van der Waals surface area contributed by atoms with Crippen molar-refractivity contribution in [3.8, 4) is 23.0 Å². The standard InChI is InChI=1S/C31H32N2O6/c1-31(2,3)22-11-8-19(9-12-22)30(34)39-33-28(21-10-13-24(35-4)25(17-21)36-5)29-23-18-27(38-7)26(37-6)16-20(23)14-15-32-29/h8-18H,1-7H3/b33-28-. The van der Waals surface area contributed by atoms with Crippen LogP contribution in [0.3, 0.4) is 0 Å². The molecular formula is C31H32N2O6. The van der Waals surface area contributed by atoms with E-state index in [1.54, 1.807) is 65.0 Å². The van der Waals surface area contributed by atoms with E-state index < -0.39 is 5.97 Å². The maximum atomic E-state index is 13.0. The summed E-state index contributed by atoms with van der Waals surface area (Å²) < 4.78 is 21.9. The molecule has 8 nitrogen and oxygen atoms in total. The number of ether oxygens (including phenoxy) is 4. The van der Waals surface area contributed by atoms with Crippen LogP contribution >= 0.6 is 0 Å². The van der Waals surface area contributed by atoms with Gasteiger partial charge in [0.1, 0.15) is 11.4 Å². The number of pyridine rings is 1. The first-order chi connectivity index (χ1) is 18.7. The summed E-state index contributed by atoms with van der Waals surface area (Å²) in [6.45, 7) is 6.34. The van der Waals surface area contributed by atoms with Gasteiger partial charge in [0.15, 0.2) is 23.0 Å². The number of oxime groups is 1. The number of carbonyl (C=O) groups is 1. The first-order valence-electron chi connectivity index (χ1n) is 12.3. The molecule has 4 rings (SSSR count). The number of carbonyl (C=O) groups excluding carboxylic acids is 1. The Morgan fingerprint density at radius 2 is 1.31 bits per heavy atom. The maximum Gasteiger partial charge on any atom is 0.365 e. The largest absolute Gasteiger partial charge is 0.493 e. The Balaban J connectivity index is 1.83. The van der Waals surface area contributed by atoms with Crippen molar-refractivity contribution in [1.82, 2.24) is 4.98 Å². The highest BCUT2D eigenvalue weighted by Crippen LogP contribution is 2.35. The Morgan fingerprint density at radius 1 is 0.718 bits per heavy atom. The van der Waals surface area contributed by atoms with Gasteiger partial charge < -0.3 is 23.8 Å². The number of rotatable bonds is 8. The minimum absolute atomic E-state index is 0.0368. The fourth-order valence-corrected chi connectivity index (χ4v) is 4.15. The number of nitrogens with zero attached hydrogens (tertiary/aromatic N) is 2. The molecule has 0 N–H and O–H groups in total. The van der Waals surface area contributed by atoms with Crippen LogP contribution in [0.2, 0.25) is 0 Å². The Kier molecular flexibility index (Phi) is 8.04. The Bertz CT molecular complexity index is 1520. The van der Waals surface area contributed by atoms with Gasteiger partial charge in [-0.05, 0) is 64.9 Å². The van der Waals surface area contributed by atoms with Gasteiger partial charge in [0.25, 0.3) is 0 Å². The average molecular weight is 529 g/mol. The number of aromatic nitrogens is 1. The zero-order valence-electron chi connectivity index (χ0n) is 23.2. The van der Waals surface area contributed by atoms with Crippen LogP contribution in [0.25, 0.3) is 10.8 Å². The number of methoxy groups -OCH3 is 4. The van der Waals surface area contributed by atoms with Gasteiger partial charge in [0, 0.05) is 17.1 Å². The Labute approximate surface area is 228 Å². The summed E-state index contributed by atoms with van der Waals surface area (Å²) >= 11 is 0. The molecule has 3 aromatic carbocycles. The van der Waals surface area contributed by atoms with Gasteiger partial charge in [-0.2, -0.15) is 0 Å². The molecule has 0 saturated carbocycles. The van der Waals surface area contributed by atoms with Crippen LogP contribution in [0.5, 0.6) is 23.0 Å². The normalized spacial score (nSPS) is 11.7. The van der Waals surface area contributed by atoms with E-state index in [-0.39, 0.29) is 5.41 Å². The monoisotopic (exact) mass is 528 g/mol. The van der Waals surface area contributed by atoms with Gasteiger partial charge in [0.2, 0.25) is 0 Å². The Hall–Kier alpha value is -4.59. The molecule has 0 aliphatic rings. The molecule has 0 atom stereocenters. The fourth-order valence-electron chi connectivity index (χ4n) is 4.15. The number of hydrogen-bond donors (Lipinski definition) is 0. The second-order valence-electron chi connectivity index (χ2n) is 9.80. The van der Waals surface area contributed by atoms with Crippen molar-refractivity contribution in [3.05, 3.63) is 89.2 Å². The quantitative estimate of drug-likeness (QED) is 0.153. The van der Waals surface area contributed by atoms with Crippen molar-refractivity contribution in [2.75, 3.05) is 28.4 Å². The highest BCUT2D eigenvalue weighted by Gasteiger charge is 2.20. The van der Waals surface area contributed by atoms with Crippen LogP contribution in [-0.4, -0.2) is 45.1 Å². The van der Waals surface area contributed by atoms with Crippen molar-refractivity contribution in [2.45, 2.75) is 26.2 Å². The van der Waals surface area contributed by atoms with Crippen molar-refractivity contribution < 1.29 is 28.6 Å². The van der Waals surface area contributed by atoms with E-state index in [1.807, 2.05) is 30.3 Å². The molecule has 0 unspecified atom stereocenters. The second kappa shape index (κ2) is 11.4. The summed E-state index contributed by atoms with van der Waals surface area (Å²) in [7, 11) is 6.25. The van der Waals surface area contributed by atoms with Crippen LogP contribution in [-0.2, 0) is 10.3 Å². The molecule has 0 saturated heterocycles. The molecular weight excluding hydrogens is 496 g/mol. The summed E-state index contributed by atoms with van der Waals surface area (Å²) in [5.41, 5.74) is 2.88. The van der Waals surface area contributed by atoms with Crippen molar-refractivity contribution >= 4 is 22.5 Å². The van der Waals surface area contributed by atoms with Gasteiger partial charge >= 0.3 is 5.97 Å². The van der Waals surface area contributed by atoms with Crippen molar-refractivity contribution in [1.29, 1.82) is 0 Å². The van der Waals surface area contributed by atoms with Gasteiger partial charge in [-0.15, -0.1) is 0 Å². The fraction of sp³-hybridized carbons (Fsp3) is 0.258. The summed E-state index contributed by atoms with van der Waals surface area (Å²) in [6, 6.07) is 18.2. The molecule has 0 spiro atoms. The Morgan fingerprint density at radius 3 is 1.92 bits per heavy atom. The first-order valence-corrected chi connectivity index (χ1v) is 12.3. The number of fused-ring (bicyclic) bond motifs is 1. The lowest BCUT2D eigenvalue weighted by Crippen LogP contribution is -2.12. The SMILES string of the molecule is COc1ccc(/C(=N/OC(=O)c2ccc(C(C)(C)C)cc2)c2nccc3cc(OC)c(OC)cc23)cc1OC. The topological polar surface area (TPSA) is 88.5 Å². The van der Waals surface area contributed by atoms with Crippen molar-refractivity contribution in [3.63, 3.8) is 0 Å². The predicted molar refractivity (Wildman–Crippen MR) is 151 cm³/mol. The minimum atomic E-state index is -0.590. The zero-order valence-corrected chi connectivity index (χ0v) is 23.2. The van der Waals surface area contributed by atoms with Crippen LogP contribution in [0, 0.1) is 0 Å². The summed E-state index contributed by atoms with van der Waals surface area (Å²) in [5.74, 6) is 1.56. The van der Waals surface area contributed by atoms with Crippen LogP contribution in [0.1, 0.15) is 48.0 Å². The van der Waals surface area contributed by atoms with E-state index in [9.17, 15) is 4.79 Å². The first kappa shape index (κ1) is 27.4. The van der Waals surface area contributed by atoms with E-state index in [2.05, 4.69) is 30.9 Å². The van der Waals surface area contributed by atoms with E-state index in [4.69, 9.17) is 23.8 Å². The molecule has 0 bridgehead atoms.